The molecule has 0 amide bonds. The Labute approximate surface area is 282 Å². The number of carbonyl (C=O) groups excluding carboxylic acids is 1. The van der Waals surface area contributed by atoms with Crippen LogP contribution in [0.15, 0.2) is 72.8 Å². The van der Waals surface area contributed by atoms with Crippen LogP contribution in [0.5, 0.6) is 11.5 Å². The first kappa shape index (κ1) is 33.4. The number of hydrogen-bond acceptors (Lipinski definition) is 10. The number of aromatic nitrogens is 1. The van der Waals surface area contributed by atoms with E-state index in [9.17, 15) is 35.4 Å². The lowest BCUT2D eigenvalue weighted by Crippen LogP contribution is -2.48. The standard InChI is InChI=1S/C38H41NO10/c40-18-26(37(14-4-1-5-15-37)25-9-11-27(43)12-10-25)20-47-33-34(49-38(46,21-42)35(33)44)36(45)48-32-30(19-41)39-29-13-8-24-16-22-6-2-3-7-23(22)17-28(24)31(29)32/h2-3,6-13,16-17,26,33-35,39-44,46H,1,4-5,14-15,18-21H2/t26-,33+,34-,35-,38+/m1/s1. The third-order valence-electron chi connectivity index (χ3n) is 10.6. The summed E-state index contributed by atoms with van der Waals surface area (Å²) in [6.07, 6.45) is -0.565. The van der Waals surface area contributed by atoms with E-state index in [1.54, 1.807) is 12.1 Å². The number of aromatic amines is 1. The molecule has 1 aliphatic carbocycles. The van der Waals surface area contributed by atoms with Crippen molar-refractivity contribution < 1.29 is 49.6 Å². The molecule has 0 radical (unpaired) electrons. The normalized spacial score (nSPS) is 24.5. The first-order chi connectivity index (χ1) is 23.7. The topological polar surface area (TPSA) is 182 Å². The van der Waals surface area contributed by atoms with Gasteiger partial charge in [0.15, 0.2) is 11.9 Å². The van der Waals surface area contributed by atoms with Crippen molar-refractivity contribution in [3.8, 4) is 11.5 Å². The number of nitrogens with one attached hydrogen (secondary N) is 1. The lowest BCUT2D eigenvalue weighted by atomic mass is 9.62. The highest BCUT2D eigenvalue weighted by atomic mass is 16.7. The maximum atomic E-state index is 14.0. The van der Waals surface area contributed by atoms with E-state index in [0.29, 0.717) is 10.9 Å². The van der Waals surface area contributed by atoms with Crippen LogP contribution in [0.1, 0.15) is 43.4 Å². The molecular formula is C38H41NO10. The molecule has 11 nitrogen and oxygen atoms in total. The molecule has 7 N–H and O–H groups in total. The number of benzene rings is 4. The molecule has 2 heterocycles. The second-order valence-corrected chi connectivity index (χ2v) is 13.3. The monoisotopic (exact) mass is 671 g/mol. The molecule has 1 saturated carbocycles. The van der Waals surface area contributed by atoms with Crippen LogP contribution in [0, 0.1) is 5.92 Å². The molecule has 0 spiro atoms. The zero-order chi connectivity index (χ0) is 34.3. The molecule has 5 aromatic rings. The van der Waals surface area contributed by atoms with E-state index in [-0.39, 0.29) is 30.4 Å². The number of rotatable bonds is 10. The largest absolute Gasteiger partial charge is 0.508 e. The van der Waals surface area contributed by atoms with Crippen LogP contribution >= 0.6 is 0 Å². The van der Waals surface area contributed by atoms with Crippen LogP contribution in [0.2, 0.25) is 0 Å². The van der Waals surface area contributed by atoms with Crippen molar-refractivity contribution in [1.29, 1.82) is 0 Å². The maximum Gasteiger partial charge on any atom is 0.343 e. The van der Waals surface area contributed by atoms with Gasteiger partial charge < -0.3 is 49.8 Å². The number of aromatic hydroxyl groups is 1. The van der Waals surface area contributed by atoms with Crippen molar-refractivity contribution in [1.82, 2.24) is 4.98 Å². The molecule has 4 aromatic carbocycles. The van der Waals surface area contributed by atoms with Crippen molar-refractivity contribution in [3.63, 3.8) is 0 Å². The number of hydrogen-bond donors (Lipinski definition) is 7. The average molecular weight is 672 g/mol. The smallest absolute Gasteiger partial charge is 0.343 e. The third-order valence-corrected chi connectivity index (χ3v) is 10.6. The summed E-state index contributed by atoms with van der Waals surface area (Å²) in [7, 11) is 0. The Balaban J connectivity index is 1.21. The van der Waals surface area contributed by atoms with E-state index in [1.165, 1.54) is 0 Å². The van der Waals surface area contributed by atoms with Gasteiger partial charge >= 0.3 is 5.97 Å². The number of phenolic OH excluding ortho intramolecular Hbond substituents is 1. The first-order valence-corrected chi connectivity index (χ1v) is 16.7. The van der Waals surface area contributed by atoms with Gasteiger partial charge in [-0.25, -0.2) is 4.79 Å². The molecular weight excluding hydrogens is 630 g/mol. The van der Waals surface area contributed by atoms with Gasteiger partial charge in [0.1, 0.15) is 18.0 Å². The fourth-order valence-corrected chi connectivity index (χ4v) is 7.91. The van der Waals surface area contributed by atoms with Crippen LogP contribution in [-0.2, 0) is 26.3 Å². The Kier molecular flexibility index (Phi) is 9.09. The second kappa shape index (κ2) is 13.3. The number of aliphatic hydroxyl groups excluding tert-OH is 4. The van der Waals surface area contributed by atoms with Gasteiger partial charge in [-0.2, -0.15) is 0 Å². The predicted octanol–water partition coefficient (Wildman–Crippen LogP) is 3.91. The fraction of sp³-hybridized carbons (Fsp3) is 0.395. The van der Waals surface area contributed by atoms with Gasteiger partial charge in [0.25, 0.3) is 0 Å². The minimum atomic E-state index is -2.52. The van der Waals surface area contributed by atoms with E-state index in [0.717, 1.165) is 59.2 Å². The van der Waals surface area contributed by atoms with Gasteiger partial charge in [0, 0.05) is 17.9 Å². The van der Waals surface area contributed by atoms with E-state index in [2.05, 4.69) is 4.98 Å². The summed E-state index contributed by atoms with van der Waals surface area (Å²) < 4.78 is 17.7. The molecule has 5 atom stereocenters. The lowest BCUT2D eigenvalue weighted by molar-refractivity contribution is -0.246. The minimum Gasteiger partial charge on any atom is -0.508 e. The van der Waals surface area contributed by atoms with Crippen molar-refractivity contribution >= 4 is 38.4 Å². The highest BCUT2D eigenvalue weighted by Gasteiger charge is 2.58. The summed E-state index contributed by atoms with van der Waals surface area (Å²) in [5.41, 5.74) is 1.31. The summed E-state index contributed by atoms with van der Waals surface area (Å²) in [4.78, 5) is 17.1. The van der Waals surface area contributed by atoms with Gasteiger partial charge in [-0.1, -0.05) is 61.7 Å². The Morgan fingerprint density at radius 1 is 0.939 bits per heavy atom. The van der Waals surface area contributed by atoms with Crippen molar-refractivity contribution in [3.05, 3.63) is 84.1 Å². The Bertz CT molecular complexity index is 1970. The number of carbonyl (C=O) groups is 1. The van der Waals surface area contributed by atoms with Crippen LogP contribution in [0.3, 0.4) is 0 Å². The molecule has 0 unspecified atom stereocenters. The Hall–Kier alpha value is -4.07. The lowest BCUT2D eigenvalue weighted by Gasteiger charge is -2.44. The molecule has 2 aliphatic rings. The molecule has 1 aliphatic heterocycles. The SMILES string of the molecule is O=C(Oc1c(CO)[nH]c2ccc3cc4ccccc4cc3c12)[C@@H]1O[C@@](O)(CO)[C@H](O)[C@H]1OC[C@@H](CO)C1(c2ccc(O)cc2)CCCCC1. The van der Waals surface area contributed by atoms with Crippen LogP contribution < -0.4 is 4.74 Å². The fourth-order valence-electron chi connectivity index (χ4n) is 7.91. The Morgan fingerprint density at radius 3 is 2.33 bits per heavy atom. The summed E-state index contributed by atoms with van der Waals surface area (Å²) in [5.74, 6) is -3.80. The molecule has 2 fully saturated rings. The zero-order valence-corrected chi connectivity index (χ0v) is 26.9. The van der Waals surface area contributed by atoms with Crippen molar-refractivity contribution in [2.24, 2.45) is 5.92 Å². The molecule has 1 aromatic heterocycles. The van der Waals surface area contributed by atoms with Gasteiger partial charge in [-0.05, 0) is 70.3 Å². The van der Waals surface area contributed by atoms with Gasteiger partial charge in [-0.3, -0.25) is 0 Å². The summed E-state index contributed by atoms with van der Waals surface area (Å²) in [6, 6.07) is 22.5. The number of fused-ring (bicyclic) bond motifs is 4. The summed E-state index contributed by atoms with van der Waals surface area (Å²) in [5, 5.41) is 67.2. The van der Waals surface area contributed by atoms with Gasteiger partial charge in [0.2, 0.25) is 5.79 Å². The predicted molar refractivity (Wildman–Crippen MR) is 181 cm³/mol. The van der Waals surface area contributed by atoms with Gasteiger partial charge in [0.05, 0.1) is 36.4 Å². The first-order valence-electron chi connectivity index (χ1n) is 16.7. The van der Waals surface area contributed by atoms with E-state index < -0.39 is 54.6 Å². The summed E-state index contributed by atoms with van der Waals surface area (Å²) in [6.45, 7) is -1.87. The Morgan fingerprint density at radius 2 is 1.65 bits per heavy atom. The second-order valence-electron chi connectivity index (χ2n) is 13.3. The minimum absolute atomic E-state index is 0.0707. The highest BCUT2D eigenvalue weighted by Crippen LogP contribution is 2.46. The number of esters is 1. The number of H-pyrrole nitrogens is 1. The quantitative estimate of drug-likeness (QED) is 0.0849. The molecule has 49 heavy (non-hydrogen) atoms. The molecule has 1 saturated heterocycles. The molecule has 11 heteroatoms. The van der Waals surface area contributed by atoms with Gasteiger partial charge in [-0.15, -0.1) is 0 Å². The van der Waals surface area contributed by atoms with Crippen LogP contribution in [0.25, 0.3) is 32.4 Å². The zero-order valence-electron chi connectivity index (χ0n) is 26.9. The van der Waals surface area contributed by atoms with E-state index in [4.69, 9.17) is 14.2 Å². The van der Waals surface area contributed by atoms with Crippen molar-refractivity contribution in [2.45, 2.75) is 68.2 Å². The van der Waals surface area contributed by atoms with E-state index in [1.807, 2.05) is 60.7 Å². The highest BCUT2D eigenvalue weighted by molar-refractivity contribution is 6.14. The molecule has 258 valence electrons. The van der Waals surface area contributed by atoms with E-state index >= 15 is 0 Å². The third kappa shape index (κ3) is 5.85. The van der Waals surface area contributed by atoms with Crippen molar-refractivity contribution in [2.75, 3.05) is 19.8 Å². The summed E-state index contributed by atoms with van der Waals surface area (Å²) >= 11 is 0. The molecule has 0 bridgehead atoms. The average Bonchev–Trinajstić information content (AvgIpc) is 3.62. The van der Waals surface area contributed by atoms with Crippen LogP contribution in [-0.4, -0.2) is 85.5 Å². The number of ether oxygens (including phenoxy) is 3. The van der Waals surface area contributed by atoms with Crippen LogP contribution in [0.4, 0.5) is 0 Å². The maximum absolute atomic E-state index is 14.0. The number of aliphatic hydroxyl groups is 5. The number of phenols is 1. The molecule has 7 rings (SSSR count).